The number of rotatable bonds is 7. The first kappa shape index (κ1) is 19.9. The van der Waals surface area contributed by atoms with Crippen molar-refractivity contribution in [1.29, 1.82) is 0 Å². The molecule has 0 aromatic heterocycles. The van der Waals surface area contributed by atoms with Crippen LogP contribution >= 0.6 is 0 Å². The van der Waals surface area contributed by atoms with Crippen molar-refractivity contribution in [3.63, 3.8) is 0 Å². The summed E-state index contributed by atoms with van der Waals surface area (Å²) in [6.07, 6.45) is 0.241. The second kappa shape index (κ2) is 8.91. The van der Waals surface area contributed by atoms with E-state index < -0.39 is 0 Å². The molecular formula is C23H28N2O3. The zero-order valence-corrected chi connectivity index (χ0v) is 16.8. The number of nitrogens with zero attached hydrogens (tertiary/aromatic N) is 1. The second-order valence-corrected chi connectivity index (χ2v) is 7.45. The van der Waals surface area contributed by atoms with Crippen LogP contribution in [0.5, 0.6) is 5.75 Å². The summed E-state index contributed by atoms with van der Waals surface area (Å²) in [7, 11) is 0. The Kier molecular flexibility index (Phi) is 6.34. The van der Waals surface area contributed by atoms with Crippen LogP contribution < -0.4 is 15.0 Å². The summed E-state index contributed by atoms with van der Waals surface area (Å²) in [6.45, 7) is 7.73. The maximum Gasteiger partial charge on any atom is 0.227 e. The predicted molar refractivity (Wildman–Crippen MR) is 110 cm³/mol. The molecule has 1 fully saturated rings. The quantitative estimate of drug-likeness (QED) is 0.793. The lowest BCUT2D eigenvalue weighted by molar-refractivity contribution is -0.126. The number of nitrogens with one attached hydrogen (secondary N) is 1. The number of carbonyl (C=O) groups is 2. The molecule has 1 atom stereocenters. The minimum Gasteiger partial charge on any atom is -0.494 e. The third kappa shape index (κ3) is 4.71. The number of carbonyl (C=O) groups excluding carboxylic acids is 2. The van der Waals surface area contributed by atoms with Gasteiger partial charge < -0.3 is 15.0 Å². The van der Waals surface area contributed by atoms with Crippen molar-refractivity contribution < 1.29 is 14.3 Å². The molecule has 148 valence electrons. The fraction of sp³-hybridized carbons (Fsp3) is 0.391. The Morgan fingerprint density at radius 1 is 1.14 bits per heavy atom. The van der Waals surface area contributed by atoms with E-state index in [1.165, 1.54) is 5.56 Å². The Morgan fingerprint density at radius 2 is 1.82 bits per heavy atom. The first-order chi connectivity index (χ1) is 13.5. The minimum atomic E-state index is -0.325. The van der Waals surface area contributed by atoms with Gasteiger partial charge in [0.05, 0.1) is 12.5 Å². The normalized spacial score (nSPS) is 16.5. The third-order valence-electron chi connectivity index (χ3n) is 5.07. The van der Waals surface area contributed by atoms with Crippen LogP contribution in [-0.4, -0.2) is 25.0 Å². The number of hydrogen-bond donors (Lipinski definition) is 1. The number of amides is 2. The van der Waals surface area contributed by atoms with E-state index in [-0.39, 0.29) is 24.2 Å². The Bertz CT molecular complexity index is 813. The van der Waals surface area contributed by atoms with Crippen LogP contribution in [0.4, 0.5) is 5.69 Å². The molecule has 1 N–H and O–H groups in total. The molecule has 2 aromatic rings. The fourth-order valence-electron chi connectivity index (χ4n) is 3.38. The first-order valence-corrected chi connectivity index (χ1v) is 9.87. The Hall–Kier alpha value is -2.82. The van der Waals surface area contributed by atoms with Gasteiger partial charge in [-0.15, -0.1) is 0 Å². The summed E-state index contributed by atoms with van der Waals surface area (Å²) in [5.41, 5.74) is 3.14. The van der Waals surface area contributed by atoms with Crippen LogP contribution in [-0.2, 0) is 16.1 Å². The molecule has 0 unspecified atom stereocenters. The third-order valence-corrected chi connectivity index (χ3v) is 5.07. The van der Waals surface area contributed by atoms with Crippen molar-refractivity contribution >= 4 is 17.5 Å². The van der Waals surface area contributed by atoms with Gasteiger partial charge in [-0.25, -0.2) is 0 Å². The summed E-state index contributed by atoms with van der Waals surface area (Å²) in [6, 6.07) is 15.7. The highest BCUT2D eigenvalue weighted by atomic mass is 16.5. The first-order valence-electron chi connectivity index (χ1n) is 9.87. The van der Waals surface area contributed by atoms with Gasteiger partial charge >= 0.3 is 0 Å². The molecule has 0 saturated carbocycles. The van der Waals surface area contributed by atoms with Gasteiger partial charge in [0.15, 0.2) is 0 Å². The molecule has 28 heavy (non-hydrogen) atoms. The molecule has 1 saturated heterocycles. The second-order valence-electron chi connectivity index (χ2n) is 7.45. The Balaban J connectivity index is 1.55. The van der Waals surface area contributed by atoms with Crippen molar-refractivity contribution in [2.45, 2.75) is 39.7 Å². The highest BCUT2D eigenvalue weighted by Crippen LogP contribution is 2.27. The van der Waals surface area contributed by atoms with Gasteiger partial charge in [-0.1, -0.05) is 38.1 Å². The molecule has 1 aliphatic heterocycles. The highest BCUT2D eigenvalue weighted by molar-refractivity contribution is 6.00. The van der Waals surface area contributed by atoms with Crippen LogP contribution in [0.2, 0.25) is 0 Å². The standard InChI is InChI=1S/C23H28N2O3/c1-4-28-21-11-9-20(10-12-21)25-15-19(13-22(25)26)23(27)24-14-17-5-7-18(8-6-17)16(2)3/h5-12,16,19H,4,13-15H2,1-3H3,(H,24,27)/t19-/m1/s1. The molecule has 0 bridgehead atoms. The largest absolute Gasteiger partial charge is 0.494 e. The molecule has 2 aromatic carbocycles. The molecule has 3 rings (SSSR count). The average molecular weight is 380 g/mol. The average Bonchev–Trinajstić information content (AvgIpc) is 3.09. The molecular weight excluding hydrogens is 352 g/mol. The van der Waals surface area contributed by atoms with Crippen molar-refractivity contribution in [2.75, 3.05) is 18.1 Å². The molecule has 1 aliphatic rings. The maximum absolute atomic E-state index is 12.5. The van der Waals surface area contributed by atoms with Gasteiger partial charge in [0.25, 0.3) is 0 Å². The van der Waals surface area contributed by atoms with Crippen molar-refractivity contribution in [1.82, 2.24) is 5.32 Å². The zero-order valence-electron chi connectivity index (χ0n) is 16.8. The van der Waals surface area contributed by atoms with E-state index in [4.69, 9.17) is 4.74 Å². The van der Waals surface area contributed by atoms with Gasteiger partial charge in [-0.05, 0) is 48.2 Å². The summed E-state index contributed by atoms with van der Waals surface area (Å²) in [4.78, 5) is 26.6. The molecule has 0 radical (unpaired) electrons. The smallest absolute Gasteiger partial charge is 0.227 e. The Labute approximate surface area is 166 Å². The van der Waals surface area contributed by atoms with E-state index in [1.54, 1.807) is 4.90 Å². The van der Waals surface area contributed by atoms with Crippen molar-refractivity contribution in [3.05, 3.63) is 59.7 Å². The van der Waals surface area contributed by atoms with E-state index in [9.17, 15) is 9.59 Å². The van der Waals surface area contributed by atoms with Crippen molar-refractivity contribution in [2.24, 2.45) is 5.92 Å². The van der Waals surface area contributed by atoms with E-state index >= 15 is 0 Å². The van der Waals surface area contributed by atoms with E-state index in [0.29, 0.717) is 25.6 Å². The molecule has 0 spiro atoms. The molecule has 1 heterocycles. The van der Waals surface area contributed by atoms with Gasteiger partial charge in [-0.3, -0.25) is 9.59 Å². The van der Waals surface area contributed by atoms with Crippen LogP contribution in [0.25, 0.3) is 0 Å². The van der Waals surface area contributed by atoms with E-state index in [1.807, 2.05) is 43.3 Å². The monoisotopic (exact) mass is 380 g/mol. The topological polar surface area (TPSA) is 58.6 Å². The van der Waals surface area contributed by atoms with Crippen LogP contribution in [0.15, 0.2) is 48.5 Å². The van der Waals surface area contributed by atoms with Crippen LogP contribution in [0.1, 0.15) is 44.2 Å². The maximum atomic E-state index is 12.5. The number of anilines is 1. The molecule has 5 heteroatoms. The van der Waals surface area contributed by atoms with E-state index in [0.717, 1.165) is 17.0 Å². The number of benzene rings is 2. The zero-order chi connectivity index (χ0) is 20.1. The lowest BCUT2D eigenvalue weighted by Gasteiger charge is -2.17. The molecule has 5 nitrogen and oxygen atoms in total. The molecule has 2 amide bonds. The lowest BCUT2D eigenvalue weighted by Crippen LogP contribution is -2.32. The fourth-order valence-corrected chi connectivity index (χ4v) is 3.38. The van der Waals surface area contributed by atoms with Crippen LogP contribution in [0.3, 0.4) is 0 Å². The van der Waals surface area contributed by atoms with Gasteiger partial charge in [0.1, 0.15) is 5.75 Å². The summed E-state index contributed by atoms with van der Waals surface area (Å²) in [5, 5.41) is 2.97. The summed E-state index contributed by atoms with van der Waals surface area (Å²) < 4.78 is 5.44. The van der Waals surface area contributed by atoms with Crippen LogP contribution in [0, 0.1) is 5.92 Å². The van der Waals surface area contributed by atoms with Gasteiger partial charge in [-0.2, -0.15) is 0 Å². The molecule has 0 aliphatic carbocycles. The van der Waals surface area contributed by atoms with Gasteiger partial charge in [0, 0.05) is 25.2 Å². The van der Waals surface area contributed by atoms with Gasteiger partial charge in [0.2, 0.25) is 11.8 Å². The SMILES string of the molecule is CCOc1ccc(N2C[C@H](C(=O)NCc3ccc(C(C)C)cc3)CC2=O)cc1. The van der Waals surface area contributed by atoms with Crippen molar-refractivity contribution in [3.8, 4) is 5.75 Å². The minimum absolute atomic E-state index is 0.0226. The van der Waals surface area contributed by atoms with E-state index in [2.05, 4.69) is 31.3 Å². The lowest BCUT2D eigenvalue weighted by atomic mass is 10.0. The summed E-state index contributed by atoms with van der Waals surface area (Å²) in [5.74, 6) is 0.840. The number of ether oxygens (including phenoxy) is 1. The summed E-state index contributed by atoms with van der Waals surface area (Å²) >= 11 is 0. The predicted octanol–water partition coefficient (Wildman–Crippen LogP) is 3.88. The highest BCUT2D eigenvalue weighted by Gasteiger charge is 2.35. The number of hydrogen-bond acceptors (Lipinski definition) is 3. The Morgan fingerprint density at radius 3 is 2.43 bits per heavy atom.